The van der Waals surface area contributed by atoms with Gasteiger partial charge in [0.2, 0.25) is 0 Å². The second kappa shape index (κ2) is 8.38. The molecule has 1 aliphatic rings. The van der Waals surface area contributed by atoms with Crippen LogP contribution in [0.5, 0.6) is 0 Å². The van der Waals surface area contributed by atoms with E-state index in [-0.39, 0.29) is 12.5 Å². The Morgan fingerprint density at radius 3 is 2.83 bits per heavy atom. The number of alkyl halides is 1. The van der Waals surface area contributed by atoms with Gasteiger partial charge >= 0.3 is 0 Å². The highest BCUT2D eigenvalue weighted by atomic mass is 35.5. The lowest BCUT2D eigenvalue weighted by atomic mass is 9.92. The Hall–Kier alpha value is -2.02. The van der Waals surface area contributed by atoms with Crippen LogP contribution >= 0.6 is 22.9 Å². The number of carbonyl (C=O) groups excluding carboxylic acids is 1. The summed E-state index contributed by atoms with van der Waals surface area (Å²) >= 11 is 7.62. The van der Waals surface area contributed by atoms with E-state index in [4.69, 9.17) is 11.6 Å². The van der Waals surface area contributed by atoms with Gasteiger partial charge in [0.1, 0.15) is 5.67 Å². The van der Waals surface area contributed by atoms with Crippen LogP contribution in [0.4, 0.5) is 4.39 Å². The first kappa shape index (κ1) is 20.3. The van der Waals surface area contributed by atoms with E-state index in [0.29, 0.717) is 43.1 Å². The van der Waals surface area contributed by atoms with Crippen molar-refractivity contribution in [2.75, 3.05) is 19.6 Å². The number of likely N-dealkylation sites (tertiary alicyclic amines) is 1. The van der Waals surface area contributed by atoms with Crippen LogP contribution in [0.2, 0.25) is 5.02 Å². The van der Waals surface area contributed by atoms with Crippen LogP contribution in [0.15, 0.2) is 41.9 Å². The molecule has 7 heteroatoms. The molecule has 1 aromatic carbocycles. The van der Waals surface area contributed by atoms with Gasteiger partial charge in [-0.25, -0.2) is 4.39 Å². The van der Waals surface area contributed by atoms with Crippen LogP contribution < -0.4 is 5.32 Å². The van der Waals surface area contributed by atoms with Gasteiger partial charge in [-0.2, -0.15) is 0 Å². The number of nitrogens with zero attached hydrogens (tertiary/aromatic N) is 2. The number of thiophene rings is 1. The number of piperidine rings is 1. The van der Waals surface area contributed by atoms with Gasteiger partial charge in [-0.3, -0.25) is 9.78 Å². The Balaban J connectivity index is 1.33. The second-order valence-corrected chi connectivity index (χ2v) is 9.01. The molecule has 0 aliphatic carbocycles. The Morgan fingerprint density at radius 1 is 1.31 bits per heavy atom. The molecule has 152 valence electrons. The molecular weight excluding hydrogens is 409 g/mol. The maximum absolute atomic E-state index is 15.2. The fourth-order valence-electron chi connectivity index (χ4n) is 3.64. The Labute approximate surface area is 178 Å². The van der Waals surface area contributed by atoms with Crippen molar-refractivity contribution < 1.29 is 9.18 Å². The van der Waals surface area contributed by atoms with Gasteiger partial charge in [-0.05, 0) is 36.8 Å². The predicted molar refractivity (Wildman–Crippen MR) is 116 cm³/mol. The van der Waals surface area contributed by atoms with Crippen molar-refractivity contribution in [1.82, 2.24) is 15.2 Å². The highest BCUT2D eigenvalue weighted by molar-refractivity contribution is 7.17. The number of rotatable bonds is 5. The Bertz CT molecular complexity index is 1010. The van der Waals surface area contributed by atoms with Crippen molar-refractivity contribution in [3.63, 3.8) is 0 Å². The summed E-state index contributed by atoms with van der Waals surface area (Å²) in [6.45, 7) is 3.62. The third-order valence-corrected chi connectivity index (χ3v) is 6.63. The average molecular weight is 432 g/mol. The summed E-state index contributed by atoms with van der Waals surface area (Å²) in [5.74, 6) is -0.0441. The van der Waals surface area contributed by atoms with E-state index >= 15 is 4.39 Å². The monoisotopic (exact) mass is 431 g/mol. The summed E-state index contributed by atoms with van der Waals surface area (Å²) < 4.78 is 16.2. The molecule has 0 unspecified atom stereocenters. The minimum absolute atomic E-state index is 0.0441. The standard InChI is InChI=1S/C22H23ClFN3OS/c1-15-2-4-17(26-11-15)12-25-14-22(24)6-8-27(9-7-22)21(28)19-13-29-20-5-3-16(23)10-18(19)20/h2-5,10-11,13,25H,6-9,12,14H2,1H3. The lowest BCUT2D eigenvalue weighted by Gasteiger charge is -2.36. The summed E-state index contributed by atoms with van der Waals surface area (Å²) in [4.78, 5) is 19.1. The van der Waals surface area contributed by atoms with Gasteiger partial charge in [0.05, 0.1) is 11.3 Å². The van der Waals surface area contributed by atoms with Crippen LogP contribution in [0, 0.1) is 6.92 Å². The maximum atomic E-state index is 15.2. The molecule has 3 aromatic rings. The summed E-state index contributed by atoms with van der Waals surface area (Å²) in [7, 11) is 0. The summed E-state index contributed by atoms with van der Waals surface area (Å²) in [5, 5.41) is 6.53. The van der Waals surface area contributed by atoms with Crippen molar-refractivity contribution >= 4 is 38.9 Å². The fraction of sp³-hybridized carbons (Fsp3) is 0.364. The summed E-state index contributed by atoms with van der Waals surface area (Å²) in [6, 6.07) is 9.53. The van der Waals surface area contributed by atoms with Gasteiger partial charge in [0.15, 0.2) is 0 Å². The molecule has 0 spiro atoms. The fourth-order valence-corrected chi connectivity index (χ4v) is 4.73. The van der Waals surface area contributed by atoms with Crippen LogP contribution in [0.25, 0.3) is 10.1 Å². The Kier molecular flexibility index (Phi) is 5.86. The molecule has 0 radical (unpaired) electrons. The normalized spacial score (nSPS) is 16.3. The minimum Gasteiger partial charge on any atom is -0.338 e. The molecule has 1 saturated heterocycles. The highest BCUT2D eigenvalue weighted by Gasteiger charge is 2.36. The topological polar surface area (TPSA) is 45.2 Å². The SMILES string of the molecule is Cc1ccc(CNCC2(F)CCN(C(=O)c3csc4ccc(Cl)cc34)CC2)nc1. The number of nitrogens with one attached hydrogen (secondary N) is 1. The molecule has 0 bridgehead atoms. The largest absolute Gasteiger partial charge is 0.338 e. The van der Waals surface area contributed by atoms with Gasteiger partial charge in [-0.1, -0.05) is 17.7 Å². The zero-order chi connectivity index (χ0) is 20.4. The molecule has 0 saturated carbocycles. The number of carbonyl (C=O) groups is 1. The minimum atomic E-state index is -1.30. The van der Waals surface area contributed by atoms with E-state index in [1.165, 1.54) is 11.3 Å². The van der Waals surface area contributed by atoms with Crippen LogP contribution in [-0.2, 0) is 6.54 Å². The number of halogens is 2. The number of benzene rings is 1. The molecule has 1 fully saturated rings. The highest BCUT2D eigenvalue weighted by Crippen LogP contribution is 2.32. The molecule has 0 atom stereocenters. The number of fused-ring (bicyclic) bond motifs is 1. The quantitative estimate of drug-likeness (QED) is 0.618. The van der Waals surface area contributed by atoms with E-state index in [1.807, 2.05) is 48.8 Å². The number of pyridine rings is 1. The molecule has 29 heavy (non-hydrogen) atoms. The smallest absolute Gasteiger partial charge is 0.255 e. The first-order valence-corrected chi connectivity index (χ1v) is 11.0. The van der Waals surface area contributed by atoms with Crippen molar-refractivity contribution in [2.45, 2.75) is 32.0 Å². The van der Waals surface area contributed by atoms with Crippen LogP contribution in [-0.4, -0.2) is 41.1 Å². The maximum Gasteiger partial charge on any atom is 0.255 e. The zero-order valence-corrected chi connectivity index (χ0v) is 17.8. The molecule has 3 heterocycles. The van der Waals surface area contributed by atoms with Crippen LogP contribution in [0.3, 0.4) is 0 Å². The average Bonchev–Trinajstić information content (AvgIpc) is 3.12. The Morgan fingerprint density at radius 2 is 2.10 bits per heavy atom. The van der Waals surface area contributed by atoms with E-state index in [1.54, 1.807) is 4.90 Å². The number of aromatic nitrogens is 1. The number of hydrogen-bond acceptors (Lipinski definition) is 4. The predicted octanol–water partition coefficient (Wildman–Crippen LogP) is 4.99. The van der Waals surface area contributed by atoms with E-state index in [0.717, 1.165) is 21.3 Å². The lowest BCUT2D eigenvalue weighted by Crippen LogP contribution is -2.48. The molecule has 1 N–H and O–H groups in total. The molecule has 4 rings (SSSR count). The first-order chi connectivity index (χ1) is 13.9. The van der Waals surface area contributed by atoms with Crippen LogP contribution in [0.1, 0.15) is 34.5 Å². The van der Waals surface area contributed by atoms with Gasteiger partial charge in [0.25, 0.3) is 5.91 Å². The third kappa shape index (κ3) is 4.60. The summed E-state index contributed by atoms with van der Waals surface area (Å²) in [6.07, 6.45) is 2.47. The van der Waals surface area contributed by atoms with Gasteiger partial charge in [-0.15, -0.1) is 11.3 Å². The molecule has 4 nitrogen and oxygen atoms in total. The third-order valence-electron chi connectivity index (χ3n) is 5.43. The van der Waals surface area contributed by atoms with E-state index in [2.05, 4.69) is 10.3 Å². The van der Waals surface area contributed by atoms with Crippen molar-refractivity contribution in [2.24, 2.45) is 0 Å². The second-order valence-electron chi connectivity index (χ2n) is 7.66. The van der Waals surface area contributed by atoms with E-state index in [9.17, 15) is 4.79 Å². The number of aryl methyl sites for hydroxylation is 1. The van der Waals surface area contributed by atoms with Crippen molar-refractivity contribution in [3.05, 3.63) is 63.8 Å². The molecule has 1 aliphatic heterocycles. The molecule has 1 amide bonds. The van der Waals surface area contributed by atoms with E-state index < -0.39 is 5.67 Å². The van der Waals surface area contributed by atoms with Crippen molar-refractivity contribution in [3.8, 4) is 0 Å². The number of amides is 1. The van der Waals surface area contributed by atoms with Gasteiger partial charge < -0.3 is 10.2 Å². The first-order valence-electron chi connectivity index (χ1n) is 9.71. The van der Waals surface area contributed by atoms with Gasteiger partial charge in [0, 0.05) is 65.7 Å². The van der Waals surface area contributed by atoms with Crippen molar-refractivity contribution in [1.29, 1.82) is 0 Å². The molecular formula is C22H23ClFN3OS. The number of hydrogen-bond donors (Lipinski definition) is 1. The zero-order valence-electron chi connectivity index (χ0n) is 16.3. The molecule has 2 aromatic heterocycles. The lowest BCUT2D eigenvalue weighted by molar-refractivity contribution is 0.0436. The summed E-state index contributed by atoms with van der Waals surface area (Å²) in [5.41, 5.74) is 1.35.